The summed E-state index contributed by atoms with van der Waals surface area (Å²) in [6.45, 7) is 2.12. The van der Waals surface area contributed by atoms with E-state index < -0.39 is 11.9 Å². The summed E-state index contributed by atoms with van der Waals surface area (Å²) in [6.07, 6.45) is 2.27. The molecule has 1 unspecified atom stereocenters. The minimum absolute atomic E-state index is 0.255. The van der Waals surface area contributed by atoms with E-state index in [0.717, 1.165) is 12.2 Å². The lowest BCUT2D eigenvalue weighted by Gasteiger charge is -2.09. The van der Waals surface area contributed by atoms with Crippen molar-refractivity contribution in [3.05, 3.63) is 29.6 Å². The molecule has 1 rings (SSSR count). The van der Waals surface area contributed by atoms with Crippen molar-refractivity contribution in [2.75, 3.05) is 18.6 Å². The Labute approximate surface area is 99.8 Å². The zero-order chi connectivity index (χ0) is 12.0. The van der Waals surface area contributed by atoms with Gasteiger partial charge in [-0.15, -0.1) is 0 Å². The van der Waals surface area contributed by atoms with Gasteiger partial charge < -0.3 is 9.84 Å². The lowest BCUT2D eigenvalue weighted by molar-refractivity contribution is 0.198. The van der Waals surface area contributed by atoms with Crippen molar-refractivity contribution < 1.29 is 14.2 Å². The van der Waals surface area contributed by atoms with Crippen molar-refractivity contribution in [2.45, 2.75) is 19.4 Å². The van der Waals surface area contributed by atoms with Gasteiger partial charge in [0.25, 0.3) is 0 Å². The highest BCUT2D eigenvalue weighted by Crippen LogP contribution is 2.22. The number of thioether (sulfide) groups is 1. The van der Waals surface area contributed by atoms with E-state index in [1.165, 1.54) is 6.07 Å². The van der Waals surface area contributed by atoms with E-state index in [0.29, 0.717) is 12.2 Å². The van der Waals surface area contributed by atoms with Gasteiger partial charge in [0.1, 0.15) is 0 Å². The molecule has 0 aliphatic rings. The molecule has 1 atom stereocenters. The topological polar surface area (TPSA) is 29.5 Å². The van der Waals surface area contributed by atoms with Crippen LogP contribution in [0.25, 0.3) is 0 Å². The fourth-order valence-corrected chi connectivity index (χ4v) is 1.69. The predicted molar refractivity (Wildman–Crippen MR) is 65.5 cm³/mol. The molecule has 0 aliphatic heterocycles. The molecule has 0 saturated heterocycles. The van der Waals surface area contributed by atoms with Gasteiger partial charge in [0.05, 0.1) is 12.7 Å². The number of aliphatic hydroxyl groups excluding tert-OH is 1. The molecule has 0 aromatic heterocycles. The highest BCUT2D eigenvalue weighted by atomic mass is 32.2. The standard InChI is InChI=1S/C12H17FO2S/c1-9(14)10-4-5-12(11(13)8-10)15-6-3-7-16-2/h4-5,8-9,14H,3,6-7H2,1-2H3. The van der Waals surface area contributed by atoms with Crippen LogP contribution in [0.2, 0.25) is 0 Å². The predicted octanol–water partition coefficient (Wildman–Crippen LogP) is 3.01. The quantitative estimate of drug-likeness (QED) is 0.780. The molecule has 16 heavy (non-hydrogen) atoms. The Bertz CT molecular complexity index is 329. The molecule has 0 amide bonds. The first-order chi connectivity index (χ1) is 7.65. The molecule has 1 aromatic carbocycles. The van der Waals surface area contributed by atoms with Gasteiger partial charge in [-0.3, -0.25) is 0 Å². The van der Waals surface area contributed by atoms with Crippen LogP contribution in [0.4, 0.5) is 4.39 Å². The average Bonchev–Trinajstić information content (AvgIpc) is 2.26. The third kappa shape index (κ3) is 4.02. The Morgan fingerprint density at radius 2 is 2.25 bits per heavy atom. The number of hydrogen-bond donors (Lipinski definition) is 1. The Morgan fingerprint density at radius 3 is 2.81 bits per heavy atom. The minimum atomic E-state index is -0.653. The van der Waals surface area contributed by atoms with Crippen LogP contribution in [-0.4, -0.2) is 23.7 Å². The van der Waals surface area contributed by atoms with Crippen LogP contribution in [0.15, 0.2) is 18.2 Å². The fraction of sp³-hybridized carbons (Fsp3) is 0.500. The summed E-state index contributed by atoms with van der Waals surface area (Å²) in [4.78, 5) is 0. The molecule has 2 nitrogen and oxygen atoms in total. The van der Waals surface area contributed by atoms with E-state index in [1.54, 1.807) is 30.8 Å². The van der Waals surface area contributed by atoms with Crippen LogP contribution in [0.3, 0.4) is 0 Å². The zero-order valence-corrected chi connectivity index (χ0v) is 10.4. The zero-order valence-electron chi connectivity index (χ0n) is 9.57. The third-order valence-corrected chi connectivity index (χ3v) is 2.89. The molecule has 0 aliphatic carbocycles. The highest BCUT2D eigenvalue weighted by Gasteiger charge is 2.07. The van der Waals surface area contributed by atoms with Crippen molar-refractivity contribution in [3.63, 3.8) is 0 Å². The molecule has 0 radical (unpaired) electrons. The summed E-state index contributed by atoms with van der Waals surface area (Å²) in [5, 5.41) is 9.27. The lowest BCUT2D eigenvalue weighted by Crippen LogP contribution is -2.01. The largest absolute Gasteiger partial charge is 0.490 e. The molecule has 0 fully saturated rings. The van der Waals surface area contributed by atoms with Gasteiger partial charge in [0, 0.05) is 0 Å². The average molecular weight is 244 g/mol. The maximum atomic E-state index is 13.5. The van der Waals surface area contributed by atoms with Crippen molar-refractivity contribution in [2.24, 2.45) is 0 Å². The first kappa shape index (κ1) is 13.3. The Balaban J connectivity index is 2.54. The fourth-order valence-electron chi connectivity index (χ4n) is 1.28. The molecule has 1 aromatic rings. The monoisotopic (exact) mass is 244 g/mol. The van der Waals surface area contributed by atoms with Crippen molar-refractivity contribution in [1.29, 1.82) is 0 Å². The second-order valence-electron chi connectivity index (χ2n) is 3.56. The van der Waals surface area contributed by atoms with E-state index in [-0.39, 0.29) is 5.75 Å². The maximum absolute atomic E-state index is 13.5. The van der Waals surface area contributed by atoms with Crippen molar-refractivity contribution in [3.8, 4) is 5.75 Å². The maximum Gasteiger partial charge on any atom is 0.165 e. The number of aliphatic hydroxyl groups is 1. The van der Waals surface area contributed by atoms with Gasteiger partial charge in [0.2, 0.25) is 0 Å². The van der Waals surface area contributed by atoms with Gasteiger partial charge in [-0.2, -0.15) is 11.8 Å². The molecule has 0 bridgehead atoms. The third-order valence-electron chi connectivity index (χ3n) is 2.19. The summed E-state index contributed by atoms with van der Waals surface area (Å²) in [5.74, 6) is 0.848. The Hall–Kier alpha value is -0.740. The smallest absolute Gasteiger partial charge is 0.165 e. The molecule has 0 heterocycles. The second kappa shape index (κ2) is 6.76. The van der Waals surface area contributed by atoms with Gasteiger partial charge in [0.15, 0.2) is 11.6 Å². The lowest BCUT2D eigenvalue weighted by atomic mass is 10.1. The number of halogens is 1. The van der Waals surface area contributed by atoms with E-state index in [1.807, 2.05) is 6.26 Å². The summed E-state index contributed by atoms with van der Waals surface area (Å²) in [7, 11) is 0. The first-order valence-corrected chi connectivity index (χ1v) is 6.63. The molecule has 90 valence electrons. The molecule has 4 heteroatoms. The van der Waals surface area contributed by atoms with Crippen LogP contribution >= 0.6 is 11.8 Å². The van der Waals surface area contributed by atoms with E-state index >= 15 is 0 Å². The van der Waals surface area contributed by atoms with E-state index in [2.05, 4.69) is 0 Å². The van der Waals surface area contributed by atoms with Gasteiger partial charge in [-0.05, 0) is 43.0 Å². The summed E-state index contributed by atoms with van der Waals surface area (Å²) < 4.78 is 18.8. The summed E-state index contributed by atoms with van der Waals surface area (Å²) in [6, 6.07) is 4.56. The van der Waals surface area contributed by atoms with Crippen LogP contribution in [0.1, 0.15) is 25.0 Å². The first-order valence-electron chi connectivity index (χ1n) is 5.24. The Kier molecular flexibility index (Phi) is 5.63. The van der Waals surface area contributed by atoms with Crippen molar-refractivity contribution in [1.82, 2.24) is 0 Å². The minimum Gasteiger partial charge on any atom is -0.490 e. The number of hydrogen-bond acceptors (Lipinski definition) is 3. The number of benzene rings is 1. The number of ether oxygens (including phenoxy) is 1. The van der Waals surface area contributed by atoms with Crippen LogP contribution in [-0.2, 0) is 0 Å². The Morgan fingerprint density at radius 1 is 1.50 bits per heavy atom. The SMILES string of the molecule is CSCCCOc1ccc(C(C)O)cc1F. The van der Waals surface area contributed by atoms with Crippen LogP contribution < -0.4 is 4.74 Å². The molecular formula is C12H17FO2S. The van der Waals surface area contributed by atoms with Crippen LogP contribution in [0, 0.1) is 5.82 Å². The molecular weight excluding hydrogens is 227 g/mol. The van der Waals surface area contributed by atoms with Gasteiger partial charge >= 0.3 is 0 Å². The highest BCUT2D eigenvalue weighted by molar-refractivity contribution is 7.98. The van der Waals surface area contributed by atoms with E-state index in [4.69, 9.17) is 4.74 Å². The number of rotatable bonds is 6. The summed E-state index contributed by atoms with van der Waals surface area (Å²) >= 11 is 1.74. The molecule has 1 N–H and O–H groups in total. The van der Waals surface area contributed by atoms with Crippen LogP contribution in [0.5, 0.6) is 5.75 Å². The normalized spacial score (nSPS) is 12.5. The van der Waals surface area contributed by atoms with Gasteiger partial charge in [-0.25, -0.2) is 4.39 Å². The molecule has 0 saturated carbocycles. The van der Waals surface area contributed by atoms with Gasteiger partial charge in [-0.1, -0.05) is 6.07 Å². The summed E-state index contributed by atoms with van der Waals surface area (Å²) in [5.41, 5.74) is 0.564. The second-order valence-corrected chi connectivity index (χ2v) is 4.55. The van der Waals surface area contributed by atoms with E-state index in [9.17, 15) is 9.50 Å². The molecule has 0 spiro atoms. The van der Waals surface area contributed by atoms with Crippen molar-refractivity contribution >= 4 is 11.8 Å².